The average molecular weight is 260 g/mol. The van der Waals surface area contributed by atoms with Gasteiger partial charge in [-0.2, -0.15) is 0 Å². The third-order valence-electron chi connectivity index (χ3n) is 4.02. The molecule has 1 fully saturated rings. The largest absolute Gasteiger partial charge is 0.350 e. The summed E-state index contributed by atoms with van der Waals surface area (Å²) in [5, 5.41) is 3.15. The molecule has 19 heavy (non-hydrogen) atoms. The summed E-state index contributed by atoms with van der Waals surface area (Å²) in [4.78, 5) is 12.2. The van der Waals surface area contributed by atoms with Gasteiger partial charge in [0.25, 0.3) is 0 Å². The molecule has 3 heteroatoms. The first-order valence-electron chi connectivity index (χ1n) is 7.21. The number of hydrogen-bond donors (Lipinski definition) is 2. The van der Waals surface area contributed by atoms with Crippen molar-refractivity contribution < 1.29 is 4.79 Å². The Bertz CT molecular complexity index is 410. The van der Waals surface area contributed by atoms with Gasteiger partial charge in [-0.1, -0.05) is 49.6 Å². The second-order valence-corrected chi connectivity index (χ2v) is 5.91. The predicted octanol–water partition coefficient (Wildman–Crippen LogP) is 2.40. The lowest BCUT2D eigenvalue weighted by atomic mass is 9.83. The molecule has 104 valence electrons. The first-order valence-corrected chi connectivity index (χ1v) is 7.21. The summed E-state index contributed by atoms with van der Waals surface area (Å²) < 4.78 is 0. The van der Waals surface area contributed by atoms with Crippen LogP contribution in [-0.2, 0) is 11.2 Å². The molecular weight excluding hydrogens is 236 g/mol. The normalized spacial score (nSPS) is 19.7. The van der Waals surface area contributed by atoms with E-state index in [1.807, 2.05) is 30.3 Å². The molecule has 1 amide bonds. The molecule has 0 spiro atoms. The zero-order chi connectivity index (χ0) is 13.7. The zero-order valence-corrected chi connectivity index (χ0v) is 11.7. The highest BCUT2D eigenvalue weighted by molar-refractivity contribution is 5.82. The number of carbonyl (C=O) groups excluding carboxylic acids is 1. The van der Waals surface area contributed by atoms with Gasteiger partial charge in [0, 0.05) is 5.54 Å². The van der Waals surface area contributed by atoms with Crippen molar-refractivity contribution in [1.29, 1.82) is 0 Å². The predicted molar refractivity (Wildman–Crippen MR) is 77.8 cm³/mol. The van der Waals surface area contributed by atoms with Crippen molar-refractivity contribution in [2.45, 2.75) is 57.0 Å². The van der Waals surface area contributed by atoms with E-state index in [9.17, 15) is 4.79 Å². The number of benzene rings is 1. The van der Waals surface area contributed by atoms with Crippen molar-refractivity contribution >= 4 is 5.91 Å². The molecule has 1 aromatic carbocycles. The topological polar surface area (TPSA) is 55.1 Å². The maximum absolute atomic E-state index is 12.2. The number of nitrogens with one attached hydrogen (secondary N) is 1. The molecule has 1 saturated carbocycles. The number of amides is 1. The Labute approximate surface area is 115 Å². The van der Waals surface area contributed by atoms with Crippen LogP contribution in [0.15, 0.2) is 30.3 Å². The number of nitrogens with two attached hydrogens (primary N) is 1. The van der Waals surface area contributed by atoms with E-state index in [4.69, 9.17) is 5.73 Å². The SMILES string of the molecule is CC1(NC(=O)C(N)Cc2ccccc2)CCCCC1. The Balaban J connectivity index is 1.88. The smallest absolute Gasteiger partial charge is 0.237 e. The van der Waals surface area contributed by atoms with E-state index in [2.05, 4.69) is 12.2 Å². The van der Waals surface area contributed by atoms with Crippen LogP contribution in [0, 0.1) is 0 Å². The fourth-order valence-corrected chi connectivity index (χ4v) is 2.81. The molecular formula is C16H24N2O. The molecule has 2 rings (SSSR count). The molecule has 0 aliphatic heterocycles. The molecule has 0 heterocycles. The summed E-state index contributed by atoms with van der Waals surface area (Å²) in [7, 11) is 0. The van der Waals surface area contributed by atoms with Crippen molar-refractivity contribution in [1.82, 2.24) is 5.32 Å². The van der Waals surface area contributed by atoms with Crippen LogP contribution in [0.25, 0.3) is 0 Å². The molecule has 0 aromatic heterocycles. The molecule has 0 bridgehead atoms. The molecule has 1 unspecified atom stereocenters. The fourth-order valence-electron chi connectivity index (χ4n) is 2.81. The van der Waals surface area contributed by atoms with Gasteiger partial charge in [-0.25, -0.2) is 0 Å². The van der Waals surface area contributed by atoms with Crippen molar-refractivity contribution in [3.8, 4) is 0 Å². The summed E-state index contributed by atoms with van der Waals surface area (Å²) >= 11 is 0. The summed E-state index contributed by atoms with van der Waals surface area (Å²) in [6.07, 6.45) is 6.41. The van der Waals surface area contributed by atoms with E-state index in [0.717, 1.165) is 18.4 Å². The summed E-state index contributed by atoms with van der Waals surface area (Å²) in [6.45, 7) is 2.14. The lowest BCUT2D eigenvalue weighted by molar-refractivity contribution is -0.124. The van der Waals surface area contributed by atoms with Gasteiger partial charge in [0.1, 0.15) is 0 Å². The van der Waals surface area contributed by atoms with E-state index in [1.165, 1.54) is 19.3 Å². The first-order chi connectivity index (χ1) is 9.09. The quantitative estimate of drug-likeness (QED) is 0.873. The van der Waals surface area contributed by atoms with E-state index in [0.29, 0.717) is 6.42 Å². The average Bonchev–Trinajstić information content (AvgIpc) is 2.40. The van der Waals surface area contributed by atoms with Gasteiger partial charge in [-0.05, 0) is 31.7 Å². The Hall–Kier alpha value is -1.35. The Kier molecular flexibility index (Phi) is 4.59. The molecule has 1 atom stereocenters. The minimum atomic E-state index is -0.457. The maximum Gasteiger partial charge on any atom is 0.237 e. The Morgan fingerprint density at radius 2 is 1.89 bits per heavy atom. The van der Waals surface area contributed by atoms with Gasteiger partial charge < -0.3 is 11.1 Å². The third kappa shape index (κ3) is 4.06. The lowest BCUT2D eigenvalue weighted by Crippen LogP contribution is -2.53. The summed E-state index contributed by atoms with van der Waals surface area (Å²) in [5.74, 6) is -0.0201. The third-order valence-corrected chi connectivity index (χ3v) is 4.02. The molecule has 1 aliphatic rings. The van der Waals surface area contributed by atoms with E-state index < -0.39 is 6.04 Å². The summed E-state index contributed by atoms with van der Waals surface area (Å²) in [5.41, 5.74) is 7.07. The maximum atomic E-state index is 12.2. The molecule has 1 aromatic rings. The fraction of sp³-hybridized carbons (Fsp3) is 0.562. The second kappa shape index (κ2) is 6.20. The van der Waals surface area contributed by atoms with Gasteiger partial charge in [0.2, 0.25) is 5.91 Å². The second-order valence-electron chi connectivity index (χ2n) is 5.91. The summed E-state index contributed by atoms with van der Waals surface area (Å²) in [6, 6.07) is 9.48. The lowest BCUT2D eigenvalue weighted by Gasteiger charge is -2.35. The van der Waals surface area contributed by atoms with Crippen molar-refractivity contribution in [2.75, 3.05) is 0 Å². The van der Waals surface area contributed by atoms with Crippen LogP contribution < -0.4 is 11.1 Å². The van der Waals surface area contributed by atoms with Gasteiger partial charge in [0.05, 0.1) is 6.04 Å². The van der Waals surface area contributed by atoms with Gasteiger partial charge >= 0.3 is 0 Å². The highest BCUT2D eigenvalue weighted by atomic mass is 16.2. The Morgan fingerprint density at radius 1 is 1.26 bits per heavy atom. The first kappa shape index (κ1) is 14.1. The van der Waals surface area contributed by atoms with Gasteiger partial charge in [-0.15, -0.1) is 0 Å². The van der Waals surface area contributed by atoms with Gasteiger partial charge in [0.15, 0.2) is 0 Å². The highest BCUT2D eigenvalue weighted by Crippen LogP contribution is 2.27. The molecule has 3 N–H and O–H groups in total. The number of carbonyl (C=O) groups is 1. The van der Waals surface area contributed by atoms with Crippen LogP contribution in [-0.4, -0.2) is 17.5 Å². The number of rotatable bonds is 4. The van der Waals surface area contributed by atoms with Crippen LogP contribution in [0.4, 0.5) is 0 Å². The number of hydrogen-bond acceptors (Lipinski definition) is 2. The van der Waals surface area contributed by atoms with Crippen LogP contribution in [0.2, 0.25) is 0 Å². The molecule has 0 radical (unpaired) electrons. The monoisotopic (exact) mass is 260 g/mol. The minimum Gasteiger partial charge on any atom is -0.350 e. The van der Waals surface area contributed by atoms with Crippen molar-refractivity contribution in [3.63, 3.8) is 0 Å². The standard InChI is InChI=1S/C16H24N2O/c1-16(10-6-3-7-11-16)18-15(19)14(17)12-13-8-4-2-5-9-13/h2,4-5,8-9,14H,3,6-7,10-12,17H2,1H3,(H,18,19). The molecule has 1 aliphatic carbocycles. The van der Waals surface area contributed by atoms with Crippen LogP contribution in [0.3, 0.4) is 0 Å². The van der Waals surface area contributed by atoms with Crippen LogP contribution >= 0.6 is 0 Å². The Morgan fingerprint density at radius 3 is 2.53 bits per heavy atom. The van der Waals surface area contributed by atoms with E-state index in [-0.39, 0.29) is 11.4 Å². The van der Waals surface area contributed by atoms with Crippen LogP contribution in [0.5, 0.6) is 0 Å². The van der Waals surface area contributed by atoms with E-state index in [1.54, 1.807) is 0 Å². The zero-order valence-electron chi connectivity index (χ0n) is 11.7. The van der Waals surface area contributed by atoms with Crippen LogP contribution in [0.1, 0.15) is 44.6 Å². The van der Waals surface area contributed by atoms with Gasteiger partial charge in [-0.3, -0.25) is 4.79 Å². The minimum absolute atomic E-state index is 0.0201. The van der Waals surface area contributed by atoms with Crippen molar-refractivity contribution in [3.05, 3.63) is 35.9 Å². The highest BCUT2D eigenvalue weighted by Gasteiger charge is 2.29. The van der Waals surface area contributed by atoms with E-state index >= 15 is 0 Å². The molecule has 0 saturated heterocycles. The van der Waals surface area contributed by atoms with Crippen molar-refractivity contribution in [2.24, 2.45) is 5.73 Å². The molecule has 3 nitrogen and oxygen atoms in total.